The molecule has 1 aliphatic carbocycles. The summed E-state index contributed by atoms with van der Waals surface area (Å²) in [7, 11) is 0. The molecule has 1 heteroatoms. The van der Waals surface area contributed by atoms with Crippen LogP contribution in [-0.4, -0.2) is 5.11 Å². The number of phenols is 1. The van der Waals surface area contributed by atoms with Crippen molar-refractivity contribution in [1.82, 2.24) is 0 Å². The Balaban J connectivity index is 2.13. The molecule has 15 heavy (non-hydrogen) atoms. The van der Waals surface area contributed by atoms with Crippen molar-refractivity contribution in [2.45, 2.75) is 26.2 Å². The summed E-state index contributed by atoms with van der Waals surface area (Å²) < 4.78 is 0. The van der Waals surface area contributed by atoms with E-state index < -0.39 is 0 Å². The Hall–Kier alpha value is -1.50. The summed E-state index contributed by atoms with van der Waals surface area (Å²) in [5.74, 6) is 0.407. The molecule has 0 amide bonds. The van der Waals surface area contributed by atoms with E-state index in [-0.39, 0.29) is 0 Å². The van der Waals surface area contributed by atoms with Gasteiger partial charge in [0.15, 0.2) is 0 Å². The van der Waals surface area contributed by atoms with Crippen molar-refractivity contribution in [1.29, 1.82) is 0 Å². The van der Waals surface area contributed by atoms with E-state index >= 15 is 0 Å². The quantitative estimate of drug-likeness (QED) is 0.773. The van der Waals surface area contributed by atoms with Gasteiger partial charge < -0.3 is 5.11 Å². The van der Waals surface area contributed by atoms with Crippen molar-refractivity contribution in [3.05, 3.63) is 53.1 Å². The van der Waals surface area contributed by atoms with Crippen LogP contribution in [0.3, 0.4) is 0 Å². The molecule has 0 spiro atoms. The molecule has 1 aromatic carbocycles. The predicted octanol–water partition coefficient (Wildman–Crippen LogP) is 3.60. The molecule has 0 saturated carbocycles. The Morgan fingerprint density at radius 3 is 2.60 bits per heavy atom. The first-order valence-electron chi connectivity index (χ1n) is 5.38. The summed E-state index contributed by atoms with van der Waals surface area (Å²) in [5.41, 5.74) is 3.87. The van der Waals surface area contributed by atoms with E-state index in [1.54, 1.807) is 6.07 Å². The van der Waals surface area contributed by atoms with E-state index in [4.69, 9.17) is 0 Å². The monoisotopic (exact) mass is 200 g/mol. The van der Waals surface area contributed by atoms with Gasteiger partial charge in [-0.1, -0.05) is 41.5 Å². The second kappa shape index (κ2) is 4.35. The highest BCUT2D eigenvalue weighted by atomic mass is 16.3. The third-order valence-electron chi connectivity index (χ3n) is 2.85. The summed E-state index contributed by atoms with van der Waals surface area (Å²) in [5, 5.41) is 9.65. The van der Waals surface area contributed by atoms with Crippen molar-refractivity contribution in [3.63, 3.8) is 0 Å². The van der Waals surface area contributed by atoms with E-state index in [1.807, 2.05) is 18.2 Å². The SMILES string of the molecule is CC1=CC=C(Cc2ccccc2O)CC1. The fourth-order valence-corrected chi connectivity index (χ4v) is 1.84. The highest BCUT2D eigenvalue weighted by Gasteiger charge is 2.06. The molecule has 1 nitrogen and oxygen atoms in total. The average molecular weight is 200 g/mol. The molecule has 0 heterocycles. The zero-order valence-electron chi connectivity index (χ0n) is 9.03. The number of hydrogen-bond acceptors (Lipinski definition) is 1. The zero-order chi connectivity index (χ0) is 10.7. The molecule has 1 aromatic rings. The molecule has 0 atom stereocenters. The standard InChI is InChI=1S/C14H16O/c1-11-6-8-12(9-7-11)10-13-4-2-3-5-14(13)15/h2-6,8,15H,7,9-10H2,1H3. The maximum atomic E-state index is 9.65. The average Bonchev–Trinajstić information content (AvgIpc) is 2.25. The summed E-state index contributed by atoms with van der Waals surface area (Å²) in [6, 6.07) is 7.57. The number of benzene rings is 1. The summed E-state index contributed by atoms with van der Waals surface area (Å²) >= 11 is 0. The van der Waals surface area contributed by atoms with Gasteiger partial charge in [0.1, 0.15) is 5.75 Å². The first-order valence-corrected chi connectivity index (χ1v) is 5.38. The van der Waals surface area contributed by atoms with Crippen LogP contribution >= 0.6 is 0 Å². The molecule has 0 fully saturated rings. The largest absolute Gasteiger partial charge is 0.508 e. The van der Waals surface area contributed by atoms with Crippen molar-refractivity contribution >= 4 is 0 Å². The minimum Gasteiger partial charge on any atom is -0.508 e. The van der Waals surface area contributed by atoms with Gasteiger partial charge in [-0.05, 0) is 37.8 Å². The van der Waals surface area contributed by atoms with Crippen LogP contribution in [0.15, 0.2) is 47.6 Å². The predicted molar refractivity (Wildman–Crippen MR) is 62.9 cm³/mol. The molecular weight excluding hydrogens is 184 g/mol. The van der Waals surface area contributed by atoms with Crippen LogP contribution in [0.5, 0.6) is 5.75 Å². The molecule has 1 N–H and O–H groups in total. The summed E-state index contributed by atoms with van der Waals surface area (Å²) in [4.78, 5) is 0. The lowest BCUT2D eigenvalue weighted by Crippen LogP contribution is -1.95. The van der Waals surface area contributed by atoms with Crippen LogP contribution in [0.1, 0.15) is 25.3 Å². The highest BCUT2D eigenvalue weighted by molar-refractivity contribution is 5.36. The molecule has 0 radical (unpaired) electrons. The lowest BCUT2D eigenvalue weighted by Gasteiger charge is -2.12. The van der Waals surface area contributed by atoms with Crippen LogP contribution in [-0.2, 0) is 6.42 Å². The fourth-order valence-electron chi connectivity index (χ4n) is 1.84. The van der Waals surface area contributed by atoms with Gasteiger partial charge >= 0.3 is 0 Å². The first kappa shape index (κ1) is 10.0. The van der Waals surface area contributed by atoms with Gasteiger partial charge in [0.2, 0.25) is 0 Å². The Morgan fingerprint density at radius 1 is 1.13 bits per heavy atom. The van der Waals surface area contributed by atoms with Crippen LogP contribution in [0.4, 0.5) is 0 Å². The number of aromatic hydroxyl groups is 1. The van der Waals surface area contributed by atoms with Crippen LogP contribution in [0.2, 0.25) is 0 Å². The second-order valence-electron chi connectivity index (χ2n) is 4.14. The molecule has 1 aliphatic rings. The Morgan fingerprint density at radius 2 is 1.93 bits per heavy atom. The molecule has 0 aliphatic heterocycles. The lowest BCUT2D eigenvalue weighted by molar-refractivity contribution is 0.469. The van der Waals surface area contributed by atoms with E-state index in [2.05, 4.69) is 19.1 Å². The van der Waals surface area contributed by atoms with Gasteiger partial charge in [0.25, 0.3) is 0 Å². The smallest absolute Gasteiger partial charge is 0.119 e. The van der Waals surface area contributed by atoms with Crippen molar-refractivity contribution < 1.29 is 5.11 Å². The van der Waals surface area contributed by atoms with Gasteiger partial charge in [0, 0.05) is 0 Å². The van der Waals surface area contributed by atoms with Gasteiger partial charge in [-0.15, -0.1) is 0 Å². The topological polar surface area (TPSA) is 20.2 Å². The Labute approximate surface area is 90.8 Å². The fraction of sp³-hybridized carbons (Fsp3) is 0.286. The molecule has 78 valence electrons. The van der Waals surface area contributed by atoms with Crippen molar-refractivity contribution in [2.24, 2.45) is 0 Å². The summed E-state index contributed by atoms with van der Waals surface area (Å²) in [6.07, 6.45) is 7.51. The van der Waals surface area contributed by atoms with E-state index in [9.17, 15) is 5.11 Å². The van der Waals surface area contributed by atoms with Crippen molar-refractivity contribution in [3.8, 4) is 5.75 Å². The van der Waals surface area contributed by atoms with Crippen LogP contribution in [0, 0.1) is 0 Å². The Bertz CT molecular complexity index is 413. The van der Waals surface area contributed by atoms with E-state index in [0.29, 0.717) is 5.75 Å². The van der Waals surface area contributed by atoms with Crippen LogP contribution < -0.4 is 0 Å². The lowest BCUT2D eigenvalue weighted by atomic mass is 9.94. The number of hydrogen-bond donors (Lipinski definition) is 1. The molecule has 0 unspecified atom stereocenters. The molecular formula is C14H16O. The number of para-hydroxylation sites is 1. The maximum absolute atomic E-state index is 9.65. The molecule has 2 rings (SSSR count). The minimum absolute atomic E-state index is 0.407. The third-order valence-corrected chi connectivity index (χ3v) is 2.85. The maximum Gasteiger partial charge on any atom is 0.119 e. The van der Waals surface area contributed by atoms with Crippen LogP contribution in [0.25, 0.3) is 0 Å². The van der Waals surface area contributed by atoms with Gasteiger partial charge in [-0.25, -0.2) is 0 Å². The Kier molecular flexibility index (Phi) is 2.91. The molecule has 0 aromatic heterocycles. The molecule has 0 saturated heterocycles. The molecule has 0 bridgehead atoms. The summed E-state index contributed by atoms with van der Waals surface area (Å²) in [6.45, 7) is 2.16. The zero-order valence-corrected chi connectivity index (χ0v) is 9.03. The normalized spacial score (nSPS) is 15.8. The van der Waals surface area contributed by atoms with Crippen molar-refractivity contribution in [2.75, 3.05) is 0 Å². The second-order valence-corrected chi connectivity index (χ2v) is 4.14. The van der Waals surface area contributed by atoms with E-state index in [1.165, 1.54) is 11.1 Å². The van der Waals surface area contributed by atoms with Gasteiger partial charge in [0.05, 0.1) is 0 Å². The number of phenolic OH excluding ortho intramolecular Hbond substituents is 1. The van der Waals surface area contributed by atoms with Gasteiger partial charge in [-0.2, -0.15) is 0 Å². The van der Waals surface area contributed by atoms with E-state index in [0.717, 1.165) is 24.8 Å². The third kappa shape index (κ3) is 2.50. The number of allylic oxidation sites excluding steroid dienone is 4. The van der Waals surface area contributed by atoms with Gasteiger partial charge in [-0.3, -0.25) is 0 Å². The number of rotatable bonds is 2. The minimum atomic E-state index is 0.407. The first-order chi connectivity index (χ1) is 7.25. The highest BCUT2D eigenvalue weighted by Crippen LogP contribution is 2.25.